The minimum absolute atomic E-state index is 0.149. The van der Waals surface area contributed by atoms with E-state index in [0.717, 1.165) is 14.7 Å². The number of hydrogen-bond acceptors (Lipinski definition) is 0. The lowest BCUT2D eigenvalue weighted by Crippen LogP contribution is -1.80. The van der Waals surface area contributed by atoms with E-state index in [0.29, 0.717) is 5.39 Å². The molecule has 0 saturated carbocycles. The first-order chi connectivity index (χ1) is 5.70. The van der Waals surface area contributed by atoms with Gasteiger partial charge in [-0.1, -0.05) is 0 Å². The number of rotatable bonds is 0. The summed E-state index contributed by atoms with van der Waals surface area (Å²) in [5.74, 6) is -0.149. The summed E-state index contributed by atoms with van der Waals surface area (Å²) in [4.78, 5) is 3.05. The molecule has 0 aliphatic carbocycles. The minimum Gasteiger partial charge on any atom is -0.360 e. The third kappa shape index (κ3) is 1.03. The van der Waals surface area contributed by atoms with E-state index < -0.39 is 0 Å². The third-order valence-corrected chi connectivity index (χ3v) is 2.83. The summed E-state index contributed by atoms with van der Waals surface area (Å²) >= 11 is 2.19. The monoisotopic (exact) mass is 275 g/mol. The van der Waals surface area contributed by atoms with Gasteiger partial charge in [-0.2, -0.15) is 0 Å². The van der Waals surface area contributed by atoms with Crippen LogP contribution in [-0.2, 0) is 0 Å². The summed E-state index contributed by atoms with van der Waals surface area (Å²) < 4.78 is 14.3. The summed E-state index contributed by atoms with van der Waals surface area (Å²) in [5, 5.41) is 0.710. The highest BCUT2D eigenvalue weighted by molar-refractivity contribution is 14.1. The van der Waals surface area contributed by atoms with E-state index in [1.54, 1.807) is 6.07 Å². The minimum atomic E-state index is -0.149. The van der Waals surface area contributed by atoms with Gasteiger partial charge in [-0.3, -0.25) is 0 Å². The normalized spacial score (nSPS) is 10.9. The van der Waals surface area contributed by atoms with E-state index in [1.165, 1.54) is 6.07 Å². The van der Waals surface area contributed by atoms with Crippen molar-refractivity contribution < 1.29 is 4.39 Å². The van der Waals surface area contributed by atoms with Gasteiger partial charge in [0.25, 0.3) is 0 Å². The first kappa shape index (κ1) is 8.04. The molecule has 3 heteroatoms. The lowest BCUT2D eigenvalue weighted by molar-refractivity contribution is 0.639. The lowest BCUT2D eigenvalue weighted by Gasteiger charge is -1.96. The van der Waals surface area contributed by atoms with Crippen LogP contribution in [0.25, 0.3) is 10.9 Å². The van der Waals surface area contributed by atoms with Gasteiger partial charge < -0.3 is 4.98 Å². The second-order valence-corrected chi connectivity index (χ2v) is 3.91. The molecule has 0 amide bonds. The van der Waals surface area contributed by atoms with Crippen LogP contribution in [0.2, 0.25) is 0 Å². The van der Waals surface area contributed by atoms with E-state index in [1.807, 2.05) is 13.1 Å². The Morgan fingerprint density at radius 1 is 1.42 bits per heavy atom. The number of H-pyrrole nitrogens is 1. The van der Waals surface area contributed by atoms with Crippen LogP contribution in [-0.4, -0.2) is 4.98 Å². The molecule has 0 atom stereocenters. The highest BCUT2D eigenvalue weighted by Gasteiger charge is 2.07. The van der Waals surface area contributed by atoms with Crippen molar-refractivity contribution in [3.05, 3.63) is 33.3 Å². The van der Waals surface area contributed by atoms with Crippen molar-refractivity contribution in [1.29, 1.82) is 0 Å². The van der Waals surface area contributed by atoms with Crippen LogP contribution in [0, 0.1) is 16.3 Å². The topological polar surface area (TPSA) is 15.8 Å². The van der Waals surface area contributed by atoms with E-state index in [2.05, 4.69) is 27.6 Å². The molecule has 0 aliphatic rings. The van der Waals surface area contributed by atoms with E-state index in [4.69, 9.17) is 0 Å². The predicted molar refractivity (Wildman–Crippen MR) is 55.7 cm³/mol. The van der Waals surface area contributed by atoms with Gasteiger partial charge in [0.05, 0.1) is 5.52 Å². The number of fused-ring (bicyclic) bond motifs is 1. The van der Waals surface area contributed by atoms with Crippen LogP contribution in [0.15, 0.2) is 18.3 Å². The number of aryl methyl sites for hydroxylation is 1. The third-order valence-electron chi connectivity index (χ3n) is 1.93. The summed E-state index contributed by atoms with van der Waals surface area (Å²) in [6, 6.07) is 3.28. The molecule has 0 unspecified atom stereocenters. The van der Waals surface area contributed by atoms with E-state index in [-0.39, 0.29) is 5.82 Å². The van der Waals surface area contributed by atoms with Crippen molar-refractivity contribution in [2.75, 3.05) is 0 Å². The largest absolute Gasteiger partial charge is 0.360 e. The van der Waals surface area contributed by atoms with E-state index >= 15 is 0 Å². The molecule has 12 heavy (non-hydrogen) atoms. The fraction of sp³-hybridized carbons (Fsp3) is 0.111. The fourth-order valence-electron chi connectivity index (χ4n) is 1.33. The smallest absolute Gasteiger partial charge is 0.132 e. The quantitative estimate of drug-likeness (QED) is 0.710. The number of halogens is 2. The molecule has 0 radical (unpaired) electrons. The summed E-state index contributed by atoms with van der Waals surface area (Å²) in [7, 11) is 0. The predicted octanol–water partition coefficient (Wildman–Crippen LogP) is 3.22. The Kier molecular flexibility index (Phi) is 1.83. The van der Waals surface area contributed by atoms with Crippen LogP contribution in [0.1, 0.15) is 5.56 Å². The highest BCUT2D eigenvalue weighted by Crippen LogP contribution is 2.24. The van der Waals surface area contributed by atoms with Crippen molar-refractivity contribution in [3.63, 3.8) is 0 Å². The lowest BCUT2D eigenvalue weighted by atomic mass is 10.2. The SMILES string of the molecule is Cc1c[nH]c2c(I)ccc(F)c12. The number of hydrogen-bond donors (Lipinski definition) is 1. The second kappa shape index (κ2) is 2.73. The maximum atomic E-state index is 13.2. The summed E-state index contributed by atoms with van der Waals surface area (Å²) in [6.45, 7) is 1.90. The van der Waals surface area contributed by atoms with Crippen LogP contribution in [0.3, 0.4) is 0 Å². The Morgan fingerprint density at radius 3 is 2.83 bits per heavy atom. The van der Waals surface area contributed by atoms with Gasteiger partial charge >= 0.3 is 0 Å². The zero-order chi connectivity index (χ0) is 8.72. The Labute approximate surface area is 83.1 Å². The maximum Gasteiger partial charge on any atom is 0.132 e. The van der Waals surface area contributed by atoms with Gasteiger partial charge in [-0.25, -0.2) is 4.39 Å². The van der Waals surface area contributed by atoms with Crippen molar-refractivity contribution in [1.82, 2.24) is 4.98 Å². The standard InChI is InChI=1S/C9H7FIN/c1-5-4-12-9-7(11)3-2-6(10)8(5)9/h2-4,12H,1H3. The fourth-order valence-corrected chi connectivity index (χ4v) is 1.94. The van der Waals surface area contributed by atoms with Crippen molar-refractivity contribution in [3.8, 4) is 0 Å². The van der Waals surface area contributed by atoms with Gasteiger partial charge in [0.15, 0.2) is 0 Å². The summed E-state index contributed by atoms with van der Waals surface area (Å²) in [5.41, 5.74) is 1.86. The zero-order valence-corrected chi connectivity index (χ0v) is 8.65. The molecular weight excluding hydrogens is 268 g/mol. The molecule has 1 N–H and O–H groups in total. The van der Waals surface area contributed by atoms with Crippen LogP contribution < -0.4 is 0 Å². The average molecular weight is 275 g/mol. The van der Waals surface area contributed by atoms with Gasteiger partial charge in [0, 0.05) is 15.2 Å². The number of benzene rings is 1. The number of nitrogens with one attached hydrogen (secondary N) is 1. The van der Waals surface area contributed by atoms with Crippen LogP contribution in [0.5, 0.6) is 0 Å². The Balaban J connectivity index is 2.98. The molecule has 0 aliphatic heterocycles. The van der Waals surface area contributed by atoms with Crippen molar-refractivity contribution >= 4 is 33.5 Å². The van der Waals surface area contributed by atoms with Crippen LogP contribution >= 0.6 is 22.6 Å². The molecule has 0 bridgehead atoms. The van der Waals surface area contributed by atoms with Crippen LogP contribution in [0.4, 0.5) is 4.39 Å². The second-order valence-electron chi connectivity index (χ2n) is 2.75. The molecule has 0 fully saturated rings. The van der Waals surface area contributed by atoms with Gasteiger partial charge in [0.2, 0.25) is 0 Å². The Hall–Kier alpha value is -0.580. The zero-order valence-electron chi connectivity index (χ0n) is 6.49. The molecule has 2 rings (SSSR count). The van der Waals surface area contributed by atoms with Gasteiger partial charge in [-0.05, 0) is 47.2 Å². The number of aromatic amines is 1. The Morgan fingerprint density at radius 2 is 2.17 bits per heavy atom. The molecule has 0 spiro atoms. The first-order valence-corrected chi connectivity index (χ1v) is 4.69. The first-order valence-electron chi connectivity index (χ1n) is 3.62. The van der Waals surface area contributed by atoms with Gasteiger partial charge in [-0.15, -0.1) is 0 Å². The number of aromatic nitrogens is 1. The average Bonchev–Trinajstić information content (AvgIpc) is 2.42. The molecule has 1 aromatic heterocycles. The molecule has 1 aromatic carbocycles. The highest BCUT2D eigenvalue weighted by atomic mass is 127. The molecule has 0 saturated heterocycles. The maximum absolute atomic E-state index is 13.2. The van der Waals surface area contributed by atoms with Gasteiger partial charge in [0.1, 0.15) is 5.82 Å². The molecular formula is C9H7FIN. The van der Waals surface area contributed by atoms with Crippen molar-refractivity contribution in [2.24, 2.45) is 0 Å². The van der Waals surface area contributed by atoms with Crippen molar-refractivity contribution in [2.45, 2.75) is 6.92 Å². The Bertz CT molecular complexity index is 433. The molecule has 2 aromatic rings. The molecule has 62 valence electrons. The summed E-state index contributed by atoms with van der Waals surface area (Å²) in [6.07, 6.45) is 1.83. The molecule has 1 heterocycles. The van der Waals surface area contributed by atoms with E-state index in [9.17, 15) is 4.39 Å². The molecule has 1 nitrogen and oxygen atoms in total.